The highest BCUT2D eigenvalue weighted by Gasteiger charge is 2.30. The second-order valence-electron chi connectivity index (χ2n) is 8.56. The van der Waals surface area contributed by atoms with E-state index < -0.39 is 11.9 Å². The summed E-state index contributed by atoms with van der Waals surface area (Å²) in [6.45, 7) is 2.39. The van der Waals surface area contributed by atoms with Gasteiger partial charge in [-0.2, -0.15) is 0 Å². The Morgan fingerprint density at radius 1 is 1.12 bits per heavy atom. The summed E-state index contributed by atoms with van der Waals surface area (Å²) in [5.74, 6) is -0.591. The molecule has 4 N–H and O–H groups in total. The Morgan fingerprint density at radius 3 is 2.52 bits per heavy atom. The summed E-state index contributed by atoms with van der Waals surface area (Å²) in [4.78, 5) is 53.9. The second-order valence-corrected chi connectivity index (χ2v) is 8.56. The molecule has 0 radical (unpaired) electrons. The predicted molar refractivity (Wildman–Crippen MR) is 127 cm³/mol. The predicted octanol–water partition coefficient (Wildman–Crippen LogP) is 2.70. The van der Waals surface area contributed by atoms with Crippen molar-refractivity contribution in [3.63, 3.8) is 0 Å². The highest BCUT2D eigenvalue weighted by atomic mass is 16.2. The average molecular weight is 456 g/mol. The van der Waals surface area contributed by atoms with E-state index in [1.807, 2.05) is 0 Å². The molecule has 0 spiro atoms. The Bertz CT molecular complexity index is 1080. The maximum Gasteiger partial charge on any atom is 0.262 e. The first-order chi connectivity index (χ1) is 15.9. The van der Waals surface area contributed by atoms with E-state index in [1.165, 1.54) is 11.0 Å². The zero-order valence-corrected chi connectivity index (χ0v) is 19.2. The van der Waals surface area contributed by atoms with Crippen molar-refractivity contribution in [3.05, 3.63) is 34.4 Å². The van der Waals surface area contributed by atoms with E-state index in [0.29, 0.717) is 28.8 Å². The Balaban J connectivity index is 1.66. The van der Waals surface area contributed by atoms with Gasteiger partial charge in [-0.3, -0.25) is 29.1 Å². The minimum atomic E-state index is -0.777. The molecule has 2 aromatic rings. The zero-order valence-electron chi connectivity index (χ0n) is 19.2. The summed E-state index contributed by atoms with van der Waals surface area (Å²) in [7, 11) is 0. The second kappa shape index (κ2) is 11.7. The largest absolute Gasteiger partial charge is 0.330 e. The van der Waals surface area contributed by atoms with Gasteiger partial charge in [-0.1, -0.05) is 38.2 Å². The van der Waals surface area contributed by atoms with Crippen molar-refractivity contribution >= 4 is 34.3 Å². The lowest BCUT2D eigenvalue weighted by Gasteiger charge is -2.24. The van der Waals surface area contributed by atoms with E-state index in [2.05, 4.69) is 15.6 Å². The van der Waals surface area contributed by atoms with Crippen LogP contribution in [0.15, 0.2) is 23.0 Å². The number of unbranched alkanes of at least 4 members (excludes halogenated alkanes) is 6. The summed E-state index contributed by atoms with van der Waals surface area (Å²) in [5.41, 5.74) is 6.01. The molecule has 1 aliphatic rings. The number of anilines is 1. The highest BCUT2D eigenvalue weighted by molar-refractivity contribution is 6.01. The molecule has 9 nitrogen and oxygen atoms in total. The fourth-order valence-electron chi connectivity index (χ4n) is 4.25. The fourth-order valence-corrected chi connectivity index (χ4v) is 4.25. The van der Waals surface area contributed by atoms with Gasteiger partial charge >= 0.3 is 0 Å². The van der Waals surface area contributed by atoms with Crippen LogP contribution in [0.2, 0.25) is 0 Å². The van der Waals surface area contributed by atoms with Gasteiger partial charge in [0.05, 0.1) is 11.1 Å². The van der Waals surface area contributed by atoms with Crippen LogP contribution >= 0.6 is 0 Å². The zero-order chi connectivity index (χ0) is 23.8. The van der Waals surface area contributed by atoms with Crippen LogP contribution in [-0.2, 0) is 14.4 Å². The lowest BCUT2D eigenvalue weighted by Crippen LogP contribution is -2.45. The number of nitrogens with two attached hydrogens (primary N) is 1. The normalized spacial score (nSPS) is 16.1. The SMILES string of the molecule is Cc1nc2c(NC(=O)CCCCCCCCCN)cccc2c(=O)n1C1CCC(=O)NC1=O. The van der Waals surface area contributed by atoms with Crippen LogP contribution < -0.4 is 21.9 Å². The van der Waals surface area contributed by atoms with Crippen LogP contribution in [0.4, 0.5) is 5.69 Å². The molecule has 2 heterocycles. The van der Waals surface area contributed by atoms with E-state index in [-0.39, 0.29) is 30.2 Å². The number of carbonyl (C=O) groups is 3. The third kappa shape index (κ3) is 6.25. The van der Waals surface area contributed by atoms with Gasteiger partial charge in [-0.25, -0.2) is 4.98 Å². The topological polar surface area (TPSA) is 136 Å². The number of aromatic nitrogens is 2. The first-order valence-electron chi connectivity index (χ1n) is 11.8. The van der Waals surface area contributed by atoms with Crippen LogP contribution in [0.25, 0.3) is 10.9 Å². The van der Waals surface area contributed by atoms with Crippen LogP contribution in [0.1, 0.15) is 76.1 Å². The molecular formula is C24H33N5O4. The van der Waals surface area contributed by atoms with E-state index in [9.17, 15) is 19.2 Å². The van der Waals surface area contributed by atoms with E-state index >= 15 is 0 Å². The van der Waals surface area contributed by atoms with Gasteiger partial charge in [-0.05, 0) is 44.9 Å². The van der Waals surface area contributed by atoms with Gasteiger partial charge in [0.2, 0.25) is 17.7 Å². The van der Waals surface area contributed by atoms with Crippen molar-refractivity contribution in [2.45, 2.75) is 77.2 Å². The molecule has 1 saturated heterocycles. The quantitative estimate of drug-likeness (QED) is 0.352. The van der Waals surface area contributed by atoms with Gasteiger partial charge in [0.15, 0.2) is 0 Å². The number of imide groups is 1. The van der Waals surface area contributed by atoms with Crippen molar-refractivity contribution in [2.75, 3.05) is 11.9 Å². The molecule has 178 valence electrons. The summed E-state index contributed by atoms with van der Waals surface area (Å²) >= 11 is 0. The number of nitrogens with one attached hydrogen (secondary N) is 2. The summed E-state index contributed by atoms with van der Waals surface area (Å²) in [5, 5.41) is 5.49. The molecule has 1 aromatic heterocycles. The molecule has 1 atom stereocenters. The summed E-state index contributed by atoms with van der Waals surface area (Å²) in [6.07, 6.45) is 8.32. The smallest absolute Gasteiger partial charge is 0.262 e. The molecule has 1 aliphatic heterocycles. The van der Waals surface area contributed by atoms with Gasteiger partial charge in [0.1, 0.15) is 17.4 Å². The fraction of sp³-hybridized carbons (Fsp3) is 0.542. The minimum Gasteiger partial charge on any atom is -0.330 e. The Hall–Kier alpha value is -3.07. The van der Waals surface area contributed by atoms with E-state index in [1.54, 1.807) is 25.1 Å². The molecule has 3 rings (SSSR count). The summed E-state index contributed by atoms with van der Waals surface area (Å²) in [6, 6.07) is 4.26. The lowest BCUT2D eigenvalue weighted by atomic mass is 10.1. The van der Waals surface area contributed by atoms with Gasteiger partial charge in [0.25, 0.3) is 5.56 Å². The molecule has 3 amide bonds. The monoisotopic (exact) mass is 455 g/mol. The number of hydrogen-bond acceptors (Lipinski definition) is 6. The molecule has 33 heavy (non-hydrogen) atoms. The van der Waals surface area contributed by atoms with Crippen molar-refractivity contribution in [3.8, 4) is 0 Å². The third-order valence-corrected chi connectivity index (χ3v) is 6.01. The molecule has 0 saturated carbocycles. The van der Waals surface area contributed by atoms with E-state index in [4.69, 9.17) is 5.73 Å². The number of hydrogen-bond donors (Lipinski definition) is 3. The van der Waals surface area contributed by atoms with Crippen LogP contribution in [0.3, 0.4) is 0 Å². The molecular weight excluding hydrogens is 422 g/mol. The molecule has 9 heteroatoms. The number of benzene rings is 1. The third-order valence-electron chi connectivity index (χ3n) is 6.01. The number of para-hydroxylation sites is 1. The number of piperidine rings is 1. The summed E-state index contributed by atoms with van der Waals surface area (Å²) < 4.78 is 1.34. The Kier molecular flexibility index (Phi) is 8.71. The number of aryl methyl sites for hydroxylation is 1. The maximum atomic E-state index is 13.2. The number of rotatable bonds is 11. The average Bonchev–Trinajstić information content (AvgIpc) is 2.77. The first-order valence-corrected chi connectivity index (χ1v) is 11.8. The number of nitrogens with zero attached hydrogens (tertiary/aromatic N) is 2. The maximum absolute atomic E-state index is 13.2. The van der Waals surface area contributed by atoms with Crippen LogP contribution in [0.5, 0.6) is 0 Å². The van der Waals surface area contributed by atoms with Crippen molar-refractivity contribution in [2.24, 2.45) is 5.73 Å². The molecule has 1 aromatic carbocycles. The van der Waals surface area contributed by atoms with E-state index in [0.717, 1.165) is 45.1 Å². The van der Waals surface area contributed by atoms with Crippen molar-refractivity contribution in [1.82, 2.24) is 14.9 Å². The first kappa shape index (κ1) is 24.6. The highest BCUT2D eigenvalue weighted by Crippen LogP contribution is 2.23. The van der Waals surface area contributed by atoms with Crippen LogP contribution in [0, 0.1) is 6.92 Å². The van der Waals surface area contributed by atoms with Crippen LogP contribution in [-0.4, -0.2) is 33.8 Å². The number of amides is 3. The Labute approximate surface area is 193 Å². The van der Waals surface area contributed by atoms with Crippen molar-refractivity contribution < 1.29 is 14.4 Å². The van der Waals surface area contributed by atoms with Gasteiger partial charge in [-0.15, -0.1) is 0 Å². The molecule has 0 aliphatic carbocycles. The Morgan fingerprint density at radius 2 is 1.82 bits per heavy atom. The van der Waals surface area contributed by atoms with Gasteiger partial charge < -0.3 is 11.1 Å². The lowest BCUT2D eigenvalue weighted by molar-refractivity contribution is -0.135. The van der Waals surface area contributed by atoms with Crippen molar-refractivity contribution in [1.29, 1.82) is 0 Å². The minimum absolute atomic E-state index is 0.112. The molecule has 1 unspecified atom stereocenters. The number of carbonyl (C=O) groups excluding carboxylic acids is 3. The molecule has 0 bridgehead atoms. The number of fused-ring (bicyclic) bond motifs is 1. The molecule has 1 fully saturated rings. The van der Waals surface area contributed by atoms with Gasteiger partial charge in [0, 0.05) is 12.8 Å². The standard InChI is InChI=1S/C24H33N5O4/c1-16-26-22-17(24(33)29(16)19-13-14-21(31)28-23(19)32)10-9-11-18(22)27-20(30)12-7-5-3-2-4-6-8-15-25/h9-11,19H,2-8,12-15,25H2,1H3,(H,27,30)(H,28,31,32).